The van der Waals surface area contributed by atoms with E-state index in [0.29, 0.717) is 0 Å². The van der Waals surface area contributed by atoms with Gasteiger partial charge in [-0.25, -0.2) is 52.7 Å². The summed E-state index contributed by atoms with van der Waals surface area (Å²) in [6, 6.07) is 0. The largest absolute Gasteiger partial charge is 0.510 e. The average Bonchev–Trinajstić information content (AvgIpc) is 3.84. The van der Waals surface area contributed by atoms with Crippen molar-refractivity contribution in [3.63, 3.8) is 0 Å². The zero-order valence-corrected chi connectivity index (χ0v) is 28.7. The fourth-order valence-corrected chi connectivity index (χ4v) is 7.80. The van der Waals surface area contributed by atoms with Crippen molar-refractivity contribution in [1.82, 2.24) is 39.0 Å². The van der Waals surface area contributed by atoms with E-state index in [1.54, 1.807) is 13.8 Å². The van der Waals surface area contributed by atoms with Crippen LogP contribution in [0.15, 0.2) is 25.3 Å². The summed E-state index contributed by atoms with van der Waals surface area (Å²) in [4.78, 5) is 46.9. The molecule has 3 aliphatic rings. The Bertz CT molecular complexity index is 2060. The number of imidazole rings is 2. The molecule has 282 valence electrons. The lowest BCUT2D eigenvalue weighted by Gasteiger charge is -2.27. The monoisotopic (exact) mass is 776 g/mol. The molecule has 52 heavy (non-hydrogen) atoms. The fourth-order valence-electron chi connectivity index (χ4n) is 5.61. The highest BCUT2D eigenvalue weighted by atomic mass is 31.2. The number of phosphoric ester groups is 2. The third kappa shape index (κ3) is 7.04. The molecule has 3 aliphatic heterocycles. The van der Waals surface area contributed by atoms with Crippen molar-refractivity contribution in [3.05, 3.63) is 25.3 Å². The lowest BCUT2D eigenvalue weighted by molar-refractivity contribution is -0.0770. The molecule has 0 saturated carbocycles. The van der Waals surface area contributed by atoms with Crippen LogP contribution in [0.25, 0.3) is 22.3 Å². The Morgan fingerprint density at radius 2 is 1.52 bits per heavy atom. The molecule has 7 rings (SSSR count). The first kappa shape index (κ1) is 36.4. The molecule has 6 N–H and O–H groups in total. The number of hydrogen-bond donors (Lipinski definition) is 4. The van der Waals surface area contributed by atoms with Gasteiger partial charge in [-0.3, -0.25) is 27.2 Å². The number of rotatable bonds is 6. The number of nitrogens with zero attached hydrogens (tertiary/aromatic N) is 8. The van der Waals surface area contributed by atoms with Crippen molar-refractivity contribution in [2.75, 3.05) is 31.5 Å². The molecule has 24 nitrogen and oxygen atoms in total. The van der Waals surface area contributed by atoms with Gasteiger partial charge in [-0.15, -0.1) is 0 Å². The maximum atomic E-state index is 16.2. The van der Waals surface area contributed by atoms with Gasteiger partial charge < -0.3 is 40.4 Å². The summed E-state index contributed by atoms with van der Waals surface area (Å²) in [5, 5.41) is 11.3. The number of nitrogen functional groups attached to an aromatic ring is 2. The molecule has 4 aromatic rings. The number of alkyl halides is 1. The first-order valence-corrected chi connectivity index (χ1v) is 18.2. The van der Waals surface area contributed by atoms with Crippen LogP contribution in [0.1, 0.15) is 26.3 Å². The Hall–Kier alpha value is -4.00. The molecule has 0 radical (unpaired) electrons. The molecule has 3 saturated heterocycles. The molecular formula is C25H31FN10O14P2. The highest BCUT2D eigenvalue weighted by Crippen LogP contribution is 2.56. The molecule has 0 amide bonds. The number of hydrogen-bond acceptors (Lipinski definition) is 21. The van der Waals surface area contributed by atoms with Gasteiger partial charge in [0.15, 0.2) is 41.6 Å². The van der Waals surface area contributed by atoms with E-state index in [-0.39, 0.29) is 34.0 Å². The number of nitrogens with two attached hydrogens (primary N) is 2. The van der Waals surface area contributed by atoms with Gasteiger partial charge in [0.25, 0.3) is 0 Å². The van der Waals surface area contributed by atoms with Gasteiger partial charge in [-0.2, -0.15) is 0 Å². The molecule has 4 aromatic heterocycles. The third-order valence-corrected chi connectivity index (χ3v) is 10.3. The maximum Gasteiger partial charge on any atom is 0.510 e. The van der Waals surface area contributed by atoms with Gasteiger partial charge in [-0.05, 0) is 13.8 Å². The van der Waals surface area contributed by atoms with Crippen molar-refractivity contribution in [2.24, 2.45) is 0 Å². The Balaban J connectivity index is 1.22. The van der Waals surface area contributed by atoms with Crippen molar-refractivity contribution in [2.45, 2.75) is 69.1 Å². The minimum absolute atomic E-state index is 0.00174. The molecule has 27 heteroatoms. The summed E-state index contributed by atoms with van der Waals surface area (Å²) in [5.74, 6) is -0.0163. The SMILES string of the molecule is CC(C)OC(=O)OCOP1(=O)OC[C@H]2O[C@@H](n3cnc4c(N)ncnc43)[C@@H](F)C2OP(=O)(O)OC[C@H]2O[C@@H](n3cnc4c(N)ncnc43)[C@@H](O1)C2O. The van der Waals surface area contributed by atoms with Crippen LogP contribution >= 0.6 is 15.6 Å². The molecule has 10 atom stereocenters. The molecule has 0 aromatic carbocycles. The van der Waals surface area contributed by atoms with E-state index in [1.807, 2.05) is 0 Å². The number of phosphoric acid groups is 2. The Morgan fingerprint density at radius 1 is 0.923 bits per heavy atom. The van der Waals surface area contributed by atoms with Crippen LogP contribution in [0.5, 0.6) is 0 Å². The van der Waals surface area contributed by atoms with Gasteiger partial charge >= 0.3 is 21.8 Å². The number of anilines is 2. The summed E-state index contributed by atoms with van der Waals surface area (Å²) < 4.78 is 94.8. The lowest BCUT2D eigenvalue weighted by atomic mass is 10.1. The third-order valence-electron chi connectivity index (χ3n) is 7.93. The summed E-state index contributed by atoms with van der Waals surface area (Å²) >= 11 is 0. The van der Waals surface area contributed by atoms with E-state index in [1.165, 1.54) is 10.9 Å². The zero-order chi connectivity index (χ0) is 36.9. The Labute approximate surface area is 290 Å². The van der Waals surface area contributed by atoms with Crippen LogP contribution in [0, 0.1) is 0 Å². The minimum Gasteiger partial charge on any atom is -0.432 e. The first-order valence-electron chi connectivity index (χ1n) is 15.3. The second-order valence-corrected chi connectivity index (χ2v) is 14.7. The molecule has 2 bridgehead atoms. The number of aliphatic hydroxyl groups excluding tert-OH is 1. The second kappa shape index (κ2) is 14.1. The van der Waals surface area contributed by atoms with Crippen molar-refractivity contribution < 1.29 is 69.9 Å². The van der Waals surface area contributed by atoms with Crippen LogP contribution in [0.3, 0.4) is 0 Å². The summed E-state index contributed by atoms with van der Waals surface area (Å²) in [6.45, 7) is 0.296. The molecular weight excluding hydrogens is 745 g/mol. The van der Waals surface area contributed by atoms with Gasteiger partial charge in [0.05, 0.1) is 32.0 Å². The highest BCUT2D eigenvalue weighted by molar-refractivity contribution is 7.48. The molecule has 3 fully saturated rings. The Morgan fingerprint density at radius 3 is 2.15 bits per heavy atom. The lowest BCUT2D eigenvalue weighted by Crippen LogP contribution is -2.35. The first-order chi connectivity index (χ1) is 24.7. The van der Waals surface area contributed by atoms with Crippen molar-refractivity contribution in [1.29, 1.82) is 0 Å². The number of carbonyl (C=O) groups excluding carboxylic acids is 1. The van der Waals surface area contributed by atoms with E-state index in [4.69, 9.17) is 53.0 Å². The standard InChI is InChI=1S/C25H31FN10O14P2/c1-10(2)46-25(38)42-9-45-52(41)44-4-12-17(13(26)23(48-12)35-7-33-14-19(27)29-5-31-21(14)35)49-51(39,40)43-3-11-16(37)18(50-52)24(47-11)36-8-34-15-20(28)30-6-32-22(15)36/h5-8,10-13,16-18,23-24,37H,3-4,9H2,1-2H3,(H,39,40)(H2,27,29,31)(H2,28,30,32)/t11-,12-,13+,16?,17?,18+,23-,24-,52?/m1/s1. The zero-order valence-electron chi connectivity index (χ0n) is 26.9. The van der Waals surface area contributed by atoms with E-state index in [2.05, 4.69) is 29.9 Å². The van der Waals surface area contributed by atoms with Crippen molar-refractivity contribution >= 4 is 55.8 Å². The number of aromatic nitrogens is 8. The number of fused-ring (bicyclic) bond motifs is 5. The smallest absolute Gasteiger partial charge is 0.432 e. The number of halogens is 1. The maximum absolute atomic E-state index is 16.2. The van der Waals surface area contributed by atoms with Crippen LogP contribution in [-0.2, 0) is 50.7 Å². The van der Waals surface area contributed by atoms with E-state index >= 15 is 4.39 Å². The van der Waals surface area contributed by atoms with Crippen LogP contribution in [-0.4, -0.2) is 118 Å². The molecule has 0 aliphatic carbocycles. The molecule has 0 spiro atoms. The average molecular weight is 777 g/mol. The predicted molar refractivity (Wildman–Crippen MR) is 166 cm³/mol. The van der Waals surface area contributed by atoms with Gasteiger partial charge in [0.2, 0.25) is 6.79 Å². The number of carbonyl (C=O) groups is 1. The summed E-state index contributed by atoms with van der Waals surface area (Å²) in [7, 11) is -10.2. The van der Waals surface area contributed by atoms with Gasteiger partial charge in [0, 0.05) is 0 Å². The molecule has 7 heterocycles. The van der Waals surface area contributed by atoms with Crippen LogP contribution < -0.4 is 11.5 Å². The summed E-state index contributed by atoms with van der Waals surface area (Å²) in [5.41, 5.74) is 12.2. The topological polar surface area (TPSA) is 314 Å². The number of ether oxygens (including phenoxy) is 4. The summed E-state index contributed by atoms with van der Waals surface area (Å²) in [6.07, 6.45) is -11.0. The Kier molecular flexibility index (Phi) is 9.86. The molecule has 4 unspecified atom stereocenters. The quantitative estimate of drug-likeness (QED) is 0.120. The van der Waals surface area contributed by atoms with Crippen molar-refractivity contribution in [3.8, 4) is 0 Å². The van der Waals surface area contributed by atoms with E-state index in [0.717, 1.165) is 23.5 Å². The van der Waals surface area contributed by atoms with E-state index < -0.39 is 97.1 Å². The minimum atomic E-state index is -5.18. The highest BCUT2D eigenvalue weighted by Gasteiger charge is 2.55. The number of aliphatic hydroxyl groups is 1. The van der Waals surface area contributed by atoms with E-state index in [9.17, 15) is 23.9 Å². The predicted octanol–water partition coefficient (Wildman–Crippen LogP) is 0.886. The normalized spacial score (nSPS) is 34.1. The van der Waals surface area contributed by atoms with Crippen LogP contribution in [0.2, 0.25) is 0 Å². The van der Waals surface area contributed by atoms with Gasteiger partial charge in [0.1, 0.15) is 54.2 Å². The van der Waals surface area contributed by atoms with Gasteiger partial charge in [-0.1, -0.05) is 0 Å². The van der Waals surface area contributed by atoms with Crippen LogP contribution in [0.4, 0.5) is 20.8 Å². The second-order valence-electron chi connectivity index (χ2n) is 11.7. The fraction of sp³-hybridized carbons (Fsp3) is 0.560.